The lowest BCUT2D eigenvalue weighted by Crippen LogP contribution is -2.53. The summed E-state index contributed by atoms with van der Waals surface area (Å²) in [6.45, 7) is 8.03. The second-order valence-electron chi connectivity index (χ2n) is 7.51. The van der Waals surface area contributed by atoms with Gasteiger partial charge < -0.3 is 4.90 Å². The van der Waals surface area contributed by atoms with Gasteiger partial charge in [0.05, 0.1) is 10.2 Å². The third kappa shape index (κ3) is 1.42. The highest BCUT2D eigenvalue weighted by atomic mass is 79.9. The number of carbonyl (C=O) groups is 2. The molecule has 0 aromatic carbocycles. The minimum Gasteiger partial charge on any atom is -0.342 e. The zero-order valence-electron chi connectivity index (χ0n) is 12.7. The van der Waals surface area contributed by atoms with E-state index in [1.54, 1.807) is 0 Å². The quantitative estimate of drug-likeness (QED) is 0.687. The Morgan fingerprint density at radius 1 is 1.15 bits per heavy atom. The molecule has 1 saturated heterocycles. The molecule has 2 saturated carbocycles. The van der Waals surface area contributed by atoms with Crippen molar-refractivity contribution < 1.29 is 9.59 Å². The van der Waals surface area contributed by atoms with Crippen molar-refractivity contribution in [2.75, 3.05) is 13.1 Å². The molecule has 1 heterocycles. The van der Waals surface area contributed by atoms with Gasteiger partial charge in [0.15, 0.2) is 5.78 Å². The molecule has 3 atom stereocenters. The molecule has 20 heavy (non-hydrogen) atoms. The normalized spacial score (nSPS) is 43.1. The fourth-order valence-corrected chi connectivity index (χ4v) is 6.31. The average molecular weight is 342 g/mol. The van der Waals surface area contributed by atoms with Crippen LogP contribution in [0.2, 0.25) is 0 Å². The Morgan fingerprint density at radius 3 is 2.25 bits per heavy atom. The molecule has 1 aliphatic heterocycles. The SMILES string of the molecule is CC12CCC(C(=O)N3CCCCC3)([C@H](Br)C1=O)C2(C)C. The van der Waals surface area contributed by atoms with Gasteiger partial charge >= 0.3 is 0 Å². The number of carbonyl (C=O) groups excluding carboxylic acids is 2. The van der Waals surface area contributed by atoms with Crippen LogP contribution in [0.25, 0.3) is 0 Å². The summed E-state index contributed by atoms with van der Waals surface area (Å²) in [6, 6.07) is 0. The van der Waals surface area contributed by atoms with Crippen LogP contribution in [0.3, 0.4) is 0 Å². The lowest BCUT2D eigenvalue weighted by molar-refractivity contribution is -0.148. The maximum Gasteiger partial charge on any atom is 0.230 e. The number of hydrogen-bond donors (Lipinski definition) is 0. The highest BCUT2D eigenvalue weighted by Crippen LogP contribution is 2.72. The van der Waals surface area contributed by atoms with Crippen LogP contribution in [0.15, 0.2) is 0 Å². The van der Waals surface area contributed by atoms with Crippen LogP contribution in [-0.4, -0.2) is 34.5 Å². The maximum atomic E-state index is 13.2. The first kappa shape index (κ1) is 14.6. The molecule has 3 nitrogen and oxygen atoms in total. The predicted molar refractivity (Wildman–Crippen MR) is 81.7 cm³/mol. The van der Waals surface area contributed by atoms with Gasteiger partial charge in [-0.3, -0.25) is 9.59 Å². The Bertz CT molecular complexity index is 469. The van der Waals surface area contributed by atoms with E-state index >= 15 is 0 Å². The number of halogens is 1. The Hall–Kier alpha value is -0.380. The molecule has 2 bridgehead atoms. The summed E-state index contributed by atoms with van der Waals surface area (Å²) in [4.78, 5) is 27.6. The number of nitrogens with zero attached hydrogens (tertiary/aromatic N) is 1. The van der Waals surface area contributed by atoms with Crippen LogP contribution in [0.1, 0.15) is 52.9 Å². The van der Waals surface area contributed by atoms with Crippen molar-refractivity contribution in [3.63, 3.8) is 0 Å². The highest BCUT2D eigenvalue weighted by molar-refractivity contribution is 9.10. The lowest BCUT2D eigenvalue weighted by Gasteiger charge is -2.43. The lowest BCUT2D eigenvalue weighted by atomic mass is 9.64. The van der Waals surface area contributed by atoms with Gasteiger partial charge in [-0.1, -0.05) is 36.7 Å². The number of fused-ring (bicyclic) bond motifs is 2. The minimum atomic E-state index is -0.532. The largest absolute Gasteiger partial charge is 0.342 e. The molecular formula is C16H24BrNO2. The van der Waals surface area contributed by atoms with Crippen LogP contribution < -0.4 is 0 Å². The standard InChI is InChI=1S/C16H24BrNO2/c1-14(2)15(3)7-8-16(14,11(17)12(15)19)13(20)18-9-5-4-6-10-18/h11H,4-10H2,1-3H3/t11-,15?,16?/m1/s1. The smallest absolute Gasteiger partial charge is 0.230 e. The molecule has 112 valence electrons. The number of alkyl halides is 1. The van der Waals surface area contributed by atoms with E-state index in [4.69, 9.17) is 0 Å². The van der Waals surface area contributed by atoms with Gasteiger partial charge in [0, 0.05) is 18.5 Å². The fourth-order valence-electron chi connectivity index (χ4n) is 4.80. The van der Waals surface area contributed by atoms with Crippen molar-refractivity contribution >= 4 is 27.6 Å². The zero-order valence-corrected chi connectivity index (χ0v) is 14.3. The topological polar surface area (TPSA) is 37.4 Å². The third-order valence-electron chi connectivity index (χ3n) is 6.75. The monoisotopic (exact) mass is 341 g/mol. The van der Waals surface area contributed by atoms with Gasteiger partial charge in [-0.05, 0) is 37.5 Å². The van der Waals surface area contributed by atoms with Gasteiger partial charge in [-0.2, -0.15) is 0 Å². The third-order valence-corrected chi connectivity index (χ3v) is 7.94. The van der Waals surface area contributed by atoms with Crippen LogP contribution in [-0.2, 0) is 9.59 Å². The fraction of sp³-hybridized carbons (Fsp3) is 0.875. The van der Waals surface area contributed by atoms with E-state index in [1.165, 1.54) is 6.42 Å². The van der Waals surface area contributed by atoms with Crippen molar-refractivity contribution in [2.45, 2.75) is 57.7 Å². The second kappa shape index (κ2) is 4.31. The van der Waals surface area contributed by atoms with Crippen molar-refractivity contribution in [1.29, 1.82) is 0 Å². The van der Waals surface area contributed by atoms with Crippen molar-refractivity contribution in [3.8, 4) is 0 Å². The van der Waals surface area contributed by atoms with Crippen LogP contribution in [0.5, 0.6) is 0 Å². The summed E-state index contributed by atoms with van der Waals surface area (Å²) in [5.41, 5.74) is -1.15. The summed E-state index contributed by atoms with van der Waals surface area (Å²) in [5, 5.41) is 0. The van der Waals surface area contributed by atoms with Crippen molar-refractivity contribution in [1.82, 2.24) is 4.90 Å². The number of piperidine rings is 1. The first-order chi connectivity index (χ1) is 9.29. The molecule has 4 heteroatoms. The molecule has 1 amide bonds. The molecule has 0 spiro atoms. The first-order valence-electron chi connectivity index (χ1n) is 7.77. The van der Waals surface area contributed by atoms with Gasteiger partial charge in [0.25, 0.3) is 0 Å². The van der Waals surface area contributed by atoms with E-state index in [0.717, 1.165) is 38.8 Å². The second-order valence-corrected chi connectivity index (χ2v) is 8.42. The Labute approximate surface area is 129 Å². The number of rotatable bonds is 1. The van der Waals surface area contributed by atoms with E-state index in [2.05, 4.69) is 36.7 Å². The molecule has 0 aromatic rings. The summed E-state index contributed by atoms with van der Waals surface area (Å²) in [6.07, 6.45) is 5.10. The molecular weight excluding hydrogens is 318 g/mol. The Balaban J connectivity index is 2.02. The molecule has 2 aliphatic carbocycles. The number of ketones is 1. The highest BCUT2D eigenvalue weighted by Gasteiger charge is 2.77. The zero-order chi connectivity index (χ0) is 14.8. The summed E-state index contributed by atoms with van der Waals surface area (Å²) < 4.78 is 0. The Kier molecular flexibility index (Phi) is 3.14. The van der Waals surface area contributed by atoms with Crippen LogP contribution in [0.4, 0.5) is 0 Å². The van der Waals surface area contributed by atoms with E-state index in [9.17, 15) is 9.59 Å². The van der Waals surface area contributed by atoms with Gasteiger partial charge in [-0.25, -0.2) is 0 Å². The number of amides is 1. The summed E-state index contributed by atoms with van der Waals surface area (Å²) in [7, 11) is 0. The molecule has 3 rings (SSSR count). The van der Waals surface area contributed by atoms with Gasteiger partial charge in [0.1, 0.15) is 0 Å². The number of likely N-dealkylation sites (tertiary alicyclic amines) is 1. The van der Waals surface area contributed by atoms with Crippen LogP contribution >= 0.6 is 15.9 Å². The predicted octanol–water partition coefficient (Wildman–Crippen LogP) is 3.16. The van der Waals surface area contributed by atoms with Gasteiger partial charge in [0.2, 0.25) is 5.91 Å². The Morgan fingerprint density at radius 2 is 1.75 bits per heavy atom. The molecule has 3 aliphatic rings. The van der Waals surface area contributed by atoms with Crippen molar-refractivity contribution in [2.24, 2.45) is 16.2 Å². The van der Waals surface area contributed by atoms with E-state index in [-0.39, 0.29) is 27.3 Å². The summed E-state index contributed by atoms with van der Waals surface area (Å²) in [5.74, 6) is 0.456. The molecule has 3 fully saturated rings. The van der Waals surface area contributed by atoms with Crippen LogP contribution in [0, 0.1) is 16.2 Å². The van der Waals surface area contributed by atoms with E-state index in [1.807, 2.05) is 4.90 Å². The average Bonchev–Trinajstić information content (AvgIpc) is 2.71. The maximum absolute atomic E-state index is 13.2. The number of Topliss-reactive ketones (excluding diaryl/α,β-unsaturated/α-hetero) is 1. The number of hydrogen-bond acceptors (Lipinski definition) is 2. The molecule has 0 N–H and O–H groups in total. The minimum absolute atomic E-state index is 0.221. The van der Waals surface area contributed by atoms with Crippen molar-refractivity contribution in [3.05, 3.63) is 0 Å². The first-order valence-corrected chi connectivity index (χ1v) is 8.68. The van der Waals surface area contributed by atoms with Gasteiger partial charge in [-0.15, -0.1) is 0 Å². The molecule has 2 unspecified atom stereocenters. The summed E-state index contributed by atoms with van der Waals surface area (Å²) >= 11 is 3.60. The molecule has 0 aromatic heterocycles. The van der Waals surface area contributed by atoms with E-state index < -0.39 is 5.41 Å². The van der Waals surface area contributed by atoms with E-state index in [0.29, 0.717) is 0 Å². The molecule has 0 radical (unpaired) electrons.